The molecule has 1 aliphatic heterocycles. The zero-order valence-electron chi connectivity index (χ0n) is 13.0. The van der Waals surface area contributed by atoms with E-state index in [4.69, 9.17) is 4.74 Å². The summed E-state index contributed by atoms with van der Waals surface area (Å²) in [5, 5.41) is 9.37. The van der Waals surface area contributed by atoms with Crippen molar-refractivity contribution in [2.24, 2.45) is 0 Å². The molecule has 0 saturated carbocycles. The molecule has 120 valence electrons. The molecule has 0 amide bonds. The van der Waals surface area contributed by atoms with E-state index < -0.39 is 9.84 Å². The van der Waals surface area contributed by atoms with Gasteiger partial charge < -0.3 is 4.74 Å². The van der Waals surface area contributed by atoms with E-state index in [1.807, 2.05) is 43.3 Å². The number of nitriles is 1. The van der Waals surface area contributed by atoms with Crippen LogP contribution in [0, 0.1) is 11.3 Å². The lowest BCUT2D eigenvalue weighted by atomic mass is 10.0. The maximum atomic E-state index is 12.6. The number of nitrogens with zero attached hydrogens (tertiary/aromatic N) is 1. The van der Waals surface area contributed by atoms with Crippen molar-refractivity contribution >= 4 is 15.9 Å². The first kappa shape index (κ1) is 16.0. The highest BCUT2D eigenvalue weighted by Gasteiger charge is 2.24. The van der Waals surface area contributed by atoms with Gasteiger partial charge in [-0.3, -0.25) is 0 Å². The summed E-state index contributed by atoms with van der Waals surface area (Å²) < 4.78 is 31.1. The van der Waals surface area contributed by atoms with E-state index in [0.717, 1.165) is 11.3 Å². The Morgan fingerprint density at radius 3 is 2.50 bits per heavy atom. The summed E-state index contributed by atoms with van der Waals surface area (Å²) in [6.07, 6.45) is 2.90. The van der Waals surface area contributed by atoms with Gasteiger partial charge in [-0.15, -0.1) is 0 Å². The van der Waals surface area contributed by atoms with Crippen LogP contribution >= 0.6 is 0 Å². The molecule has 0 N–H and O–H groups in total. The second kappa shape index (κ2) is 6.34. The summed E-state index contributed by atoms with van der Waals surface area (Å²) in [6, 6.07) is 17.2. The summed E-state index contributed by atoms with van der Waals surface area (Å²) in [4.78, 5) is -0.196. The highest BCUT2D eigenvalue weighted by atomic mass is 32.2. The van der Waals surface area contributed by atoms with Crippen LogP contribution in [0.3, 0.4) is 0 Å². The van der Waals surface area contributed by atoms with Gasteiger partial charge in [-0.1, -0.05) is 36.4 Å². The van der Waals surface area contributed by atoms with Gasteiger partial charge in [-0.05, 0) is 42.8 Å². The number of benzene rings is 2. The maximum absolute atomic E-state index is 12.6. The number of hydrogen-bond acceptors (Lipinski definition) is 4. The molecule has 2 aromatic carbocycles. The number of rotatable bonds is 3. The molecule has 0 fully saturated rings. The lowest BCUT2D eigenvalue weighted by Crippen LogP contribution is -2.18. The van der Waals surface area contributed by atoms with E-state index in [2.05, 4.69) is 0 Å². The lowest BCUT2D eigenvalue weighted by Gasteiger charge is -2.23. The predicted molar refractivity (Wildman–Crippen MR) is 91.8 cm³/mol. The molecule has 0 aromatic heterocycles. The third-order valence-corrected chi connectivity index (χ3v) is 5.45. The Bertz CT molecular complexity index is 967. The first-order valence-electron chi connectivity index (χ1n) is 7.41. The molecule has 0 saturated heterocycles. The summed E-state index contributed by atoms with van der Waals surface area (Å²) in [5.74, 6) is 0.742. The Hall–Kier alpha value is -2.84. The fraction of sp³-hybridized carbons (Fsp3) is 0.105. The van der Waals surface area contributed by atoms with E-state index >= 15 is 0 Å². The van der Waals surface area contributed by atoms with Gasteiger partial charge in [-0.25, -0.2) is 8.42 Å². The van der Waals surface area contributed by atoms with Crippen molar-refractivity contribution in [1.29, 1.82) is 5.26 Å². The van der Waals surface area contributed by atoms with E-state index in [9.17, 15) is 13.7 Å². The molecule has 0 aliphatic carbocycles. The second-order valence-electron chi connectivity index (χ2n) is 5.38. The van der Waals surface area contributed by atoms with E-state index in [1.165, 1.54) is 18.2 Å². The standard InChI is InChI=1S/C19H15NO3S/c1-14-16(11-15-7-5-6-10-19(15)23-14)12-18(13-20)24(21,22)17-8-3-2-4-9-17/h2-12,14H,1H3/b18-12+. The third-order valence-electron chi connectivity index (χ3n) is 3.77. The van der Waals surface area contributed by atoms with E-state index in [0.29, 0.717) is 5.57 Å². The third kappa shape index (κ3) is 2.97. The van der Waals surface area contributed by atoms with Gasteiger partial charge in [0.1, 0.15) is 22.8 Å². The van der Waals surface area contributed by atoms with Crippen molar-refractivity contribution in [3.8, 4) is 11.8 Å². The molecule has 24 heavy (non-hydrogen) atoms. The summed E-state index contributed by atoms with van der Waals surface area (Å²) in [6.45, 7) is 1.82. The van der Waals surface area contributed by atoms with Crippen LogP contribution in [0.25, 0.3) is 6.08 Å². The van der Waals surface area contributed by atoms with Gasteiger partial charge in [0, 0.05) is 5.56 Å². The zero-order valence-corrected chi connectivity index (χ0v) is 13.8. The van der Waals surface area contributed by atoms with Crippen LogP contribution in [0.15, 0.2) is 76.0 Å². The van der Waals surface area contributed by atoms with Gasteiger partial charge in [-0.2, -0.15) is 5.26 Å². The lowest BCUT2D eigenvalue weighted by molar-refractivity contribution is 0.257. The Morgan fingerprint density at radius 1 is 1.12 bits per heavy atom. The molecular formula is C19H15NO3S. The number of ether oxygens (including phenoxy) is 1. The van der Waals surface area contributed by atoms with Crippen LogP contribution in [0.4, 0.5) is 0 Å². The Labute approximate surface area is 141 Å². The number of allylic oxidation sites excluding steroid dienone is 1. The largest absolute Gasteiger partial charge is 0.485 e. The van der Waals surface area contributed by atoms with Crippen LogP contribution in [-0.4, -0.2) is 14.5 Å². The predicted octanol–water partition coefficient (Wildman–Crippen LogP) is 3.73. The van der Waals surface area contributed by atoms with Crippen molar-refractivity contribution in [2.45, 2.75) is 17.9 Å². The normalized spacial score (nSPS) is 17.2. The topological polar surface area (TPSA) is 67.2 Å². The smallest absolute Gasteiger partial charge is 0.216 e. The van der Waals surface area contributed by atoms with Crippen LogP contribution < -0.4 is 4.74 Å². The molecule has 1 aliphatic rings. The average Bonchev–Trinajstić information content (AvgIpc) is 2.60. The number of hydrogen-bond donors (Lipinski definition) is 0. The van der Waals surface area contributed by atoms with Crippen molar-refractivity contribution in [1.82, 2.24) is 0 Å². The van der Waals surface area contributed by atoms with Crippen molar-refractivity contribution in [3.05, 3.63) is 76.7 Å². The molecule has 5 heteroatoms. The molecule has 4 nitrogen and oxygen atoms in total. The molecule has 3 rings (SSSR count). The quantitative estimate of drug-likeness (QED) is 0.800. The van der Waals surface area contributed by atoms with Crippen LogP contribution in [-0.2, 0) is 9.84 Å². The minimum absolute atomic E-state index is 0.100. The summed E-state index contributed by atoms with van der Waals surface area (Å²) in [5.41, 5.74) is 1.50. The highest BCUT2D eigenvalue weighted by molar-refractivity contribution is 7.95. The van der Waals surface area contributed by atoms with Crippen molar-refractivity contribution in [2.75, 3.05) is 0 Å². The second-order valence-corrected chi connectivity index (χ2v) is 7.30. The fourth-order valence-electron chi connectivity index (χ4n) is 2.47. The van der Waals surface area contributed by atoms with Crippen LogP contribution in [0.1, 0.15) is 12.5 Å². The highest BCUT2D eigenvalue weighted by Crippen LogP contribution is 2.31. The van der Waals surface area contributed by atoms with Crippen LogP contribution in [0.2, 0.25) is 0 Å². The van der Waals surface area contributed by atoms with E-state index in [-0.39, 0.29) is 15.9 Å². The molecule has 1 unspecified atom stereocenters. The molecule has 2 aromatic rings. The number of para-hydroxylation sites is 1. The van der Waals surface area contributed by atoms with Gasteiger partial charge in [0.25, 0.3) is 0 Å². The van der Waals surface area contributed by atoms with Crippen LogP contribution in [0.5, 0.6) is 5.75 Å². The Kier molecular flexibility index (Phi) is 4.24. The van der Waals surface area contributed by atoms with Gasteiger partial charge in [0.2, 0.25) is 9.84 Å². The Balaban J connectivity index is 2.06. The molecule has 0 spiro atoms. The zero-order chi connectivity index (χ0) is 17.2. The van der Waals surface area contributed by atoms with Gasteiger partial charge >= 0.3 is 0 Å². The Morgan fingerprint density at radius 2 is 1.79 bits per heavy atom. The first-order chi connectivity index (χ1) is 11.5. The monoisotopic (exact) mass is 337 g/mol. The molecular weight excluding hydrogens is 322 g/mol. The average molecular weight is 337 g/mol. The van der Waals surface area contributed by atoms with Crippen molar-refractivity contribution < 1.29 is 13.2 Å². The number of fused-ring (bicyclic) bond motifs is 1. The van der Waals surface area contributed by atoms with Gasteiger partial charge in [0.05, 0.1) is 4.90 Å². The maximum Gasteiger partial charge on any atom is 0.216 e. The minimum Gasteiger partial charge on any atom is -0.485 e. The SMILES string of the molecule is CC1Oc2ccccc2C=C1/C=C(\C#N)S(=O)(=O)c1ccccc1. The molecule has 0 radical (unpaired) electrons. The van der Waals surface area contributed by atoms with E-state index in [1.54, 1.807) is 18.2 Å². The molecule has 1 atom stereocenters. The summed E-state index contributed by atoms with van der Waals surface area (Å²) in [7, 11) is -3.85. The molecule has 1 heterocycles. The summed E-state index contributed by atoms with van der Waals surface area (Å²) >= 11 is 0. The van der Waals surface area contributed by atoms with Crippen molar-refractivity contribution in [3.63, 3.8) is 0 Å². The molecule has 0 bridgehead atoms. The number of sulfone groups is 1. The minimum atomic E-state index is -3.85. The van der Waals surface area contributed by atoms with Gasteiger partial charge in [0.15, 0.2) is 0 Å². The first-order valence-corrected chi connectivity index (χ1v) is 8.90. The fourth-order valence-corrected chi connectivity index (χ4v) is 3.65.